The van der Waals surface area contributed by atoms with Gasteiger partial charge in [-0.2, -0.15) is 0 Å². The molecule has 1 aliphatic heterocycles. The number of amides is 3. The van der Waals surface area contributed by atoms with Crippen LogP contribution in [-0.2, 0) is 20.9 Å². The molecule has 1 fully saturated rings. The Bertz CT molecular complexity index is 1370. The molecule has 0 radical (unpaired) electrons. The number of hydrogen-bond donors (Lipinski definition) is 1. The van der Waals surface area contributed by atoms with Gasteiger partial charge in [-0.15, -0.1) is 0 Å². The summed E-state index contributed by atoms with van der Waals surface area (Å²) in [5.41, 5.74) is 2.25. The average Bonchev–Trinajstić information content (AvgIpc) is 3.01. The molecule has 3 aromatic carbocycles. The molecule has 3 amide bonds. The summed E-state index contributed by atoms with van der Waals surface area (Å²) in [6, 6.07) is 22.8. The molecule has 1 aliphatic rings. The highest BCUT2D eigenvalue weighted by Crippen LogP contribution is 2.32. The van der Waals surface area contributed by atoms with Gasteiger partial charge in [0, 0.05) is 36.8 Å². The monoisotopic (exact) mass is 592 g/mol. The minimum atomic E-state index is -0.861. The van der Waals surface area contributed by atoms with E-state index in [0.717, 1.165) is 11.3 Å². The van der Waals surface area contributed by atoms with Crippen LogP contribution in [0.5, 0.6) is 5.75 Å². The van der Waals surface area contributed by atoms with Gasteiger partial charge in [-0.05, 0) is 56.3 Å². The van der Waals surface area contributed by atoms with Gasteiger partial charge in [0.05, 0.1) is 31.5 Å². The van der Waals surface area contributed by atoms with Crippen LogP contribution in [0.4, 0.5) is 16.2 Å². The van der Waals surface area contributed by atoms with Crippen molar-refractivity contribution < 1.29 is 23.9 Å². The van der Waals surface area contributed by atoms with E-state index in [1.54, 1.807) is 41.2 Å². The third-order valence-corrected chi connectivity index (χ3v) is 7.62. The van der Waals surface area contributed by atoms with Crippen molar-refractivity contribution in [3.63, 3.8) is 0 Å². The smallest absolute Gasteiger partial charge is 0.329 e. The van der Waals surface area contributed by atoms with E-state index in [2.05, 4.69) is 10.2 Å². The molecule has 9 nitrogen and oxygen atoms in total. The lowest BCUT2D eigenvalue weighted by atomic mass is 9.90. The van der Waals surface area contributed by atoms with Gasteiger partial charge in [0.2, 0.25) is 5.91 Å². The highest BCUT2D eigenvalue weighted by molar-refractivity contribution is 6.31. The molecule has 10 heteroatoms. The maximum absolute atomic E-state index is 14.2. The van der Waals surface area contributed by atoms with Crippen LogP contribution >= 0.6 is 11.6 Å². The zero-order valence-electron chi connectivity index (χ0n) is 24.2. The van der Waals surface area contributed by atoms with Gasteiger partial charge in [-0.25, -0.2) is 4.79 Å². The van der Waals surface area contributed by atoms with Gasteiger partial charge in [-0.1, -0.05) is 54.1 Å². The van der Waals surface area contributed by atoms with Gasteiger partial charge in [0.25, 0.3) is 0 Å². The normalized spacial score (nSPS) is 16.5. The zero-order chi connectivity index (χ0) is 30.1. The van der Waals surface area contributed by atoms with E-state index >= 15 is 0 Å². The maximum atomic E-state index is 14.2. The molecule has 222 valence electrons. The van der Waals surface area contributed by atoms with Gasteiger partial charge in [0.1, 0.15) is 11.8 Å². The number of likely N-dealkylation sites (N-methyl/N-ethyl adjacent to an activating group) is 1. The molecule has 2 atom stereocenters. The number of nitrogens with zero attached hydrogens (tertiary/aromatic N) is 3. The first kappa shape index (κ1) is 30.9. The average molecular weight is 593 g/mol. The number of piperidine rings is 1. The summed E-state index contributed by atoms with van der Waals surface area (Å²) in [6.07, 6.45) is 0.557. The topological polar surface area (TPSA) is 91.4 Å². The molecule has 0 bridgehead atoms. The minimum Gasteiger partial charge on any atom is -0.496 e. The fourth-order valence-electron chi connectivity index (χ4n) is 5.21. The molecule has 0 unspecified atom stereocenters. The Kier molecular flexibility index (Phi) is 10.8. The maximum Gasteiger partial charge on any atom is 0.329 e. The highest BCUT2D eigenvalue weighted by atomic mass is 35.5. The van der Waals surface area contributed by atoms with Crippen molar-refractivity contribution in [2.45, 2.75) is 25.4 Å². The number of rotatable bonds is 10. The van der Waals surface area contributed by atoms with Crippen LogP contribution in [0.15, 0.2) is 78.9 Å². The molecule has 0 aromatic heterocycles. The summed E-state index contributed by atoms with van der Waals surface area (Å²) >= 11 is 6.29. The van der Waals surface area contributed by atoms with Crippen LogP contribution in [0.1, 0.15) is 18.4 Å². The predicted molar refractivity (Wildman–Crippen MR) is 163 cm³/mol. The molecule has 1 heterocycles. The Morgan fingerprint density at radius 2 is 1.69 bits per heavy atom. The minimum absolute atomic E-state index is 0.166. The van der Waals surface area contributed by atoms with Crippen LogP contribution in [0.2, 0.25) is 5.02 Å². The Morgan fingerprint density at radius 1 is 0.976 bits per heavy atom. The number of carbonyl (C=O) groups is 3. The first-order valence-electron chi connectivity index (χ1n) is 13.9. The van der Waals surface area contributed by atoms with E-state index in [1.165, 1.54) is 7.11 Å². The molecule has 0 spiro atoms. The van der Waals surface area contributed by atoms with Crippen molar-refractivity contribution in [1.29, 1.82) is 0 Å². The van der Waals surface area contributed by atoms with Gasteiger partial charge in [-0.3, -0.25) is 14.5 Å². The van der Waals surface area contributed by atoms with Gasteiger partial charge < -0.3 is 24.6 Å². The van der Waals surface area contributed by atoms with E-state index in [1.807, 2.05) is 61.6 Å². The van der Waals surface area contributed by atoms with E-state index in [0.29, 0.717) is 42.5 Å². The standard InChI is InChI=1S/C32H37ClN4O5/c1-35(22-24-10-7-8-15-29(24)41-2)19-17-34-30(38)28-20-23(31(39)42-3)16-18-36(28)32(40)37(26-12-5-4-6-13-26)27-14-9-11-25(33)21-27/h4-15,21,23,28H,16-20,22H2,1-3H3,(H,34,38)/t23-,28-/m0/s1. The number of hydrogen-bond acceptors (Lipinski definition) is 6. The fourth-order valence-corrected chi connectivity index (χ4v) is 5.39. The van der Waals surface area contributed by atoms with Crippen LogP contribution in [0.25, 0.3) is 0 Å². The molecule has 3 aromatic rings. The number of urea groups is 1. The molecular formula is C32H37ClN4O5. The zero-order valence-corrected chi connectivity index (χ0v) is 24.9. The lowest BCUT2D eigenvalue weighted by Gasteiger charge is -2.40. The summed E-state index contributed by atoms with van der Waals surface area (Å²) in [7, 11) is 4.94. The summed E-state index contributed by atoms with van der Waals surface area (Å²) in [5.74, 6) is -0.381. The summed E-state index contributed by atoms with van der Waals surface area (Å²) < 4.78 is 10.4. The van der Waals surface area contributed by atoms with Crippen LogP contribution < -0.4 is 15.0 Å². The Labute approximate surface area is 251 Å². The summed E-state index contributed by atoms with van der Waals surface area (Å²) in [4.78, 5) is 45.5. The fraction of sp³-hybridized carbons (Fsp3) is 0.344. The van der Waals surface area contributed by atoms with Crippen molar-refractivity contribution in [2.24, 2.45) is 5.92 Å². The van der Waals surface area contributed by atoms with Crippen molar-refractivity contribution in [3.05, 3.63) is 89.4 Å². The first-order chi connectivity index (χ1) is 20.3. The molecule has 4 rings (SSSR count). The second-order valence-corrected chi connectivity index (χ2v) is 10.7. The molecular weight excluding hydrogens is 556 g/mol. The molecule has 0 aliphatic carbocycles. The van der Waals surface area contributed by atoms with Crippen LogP contribution in [0, 0.1) is 5.92 Å². The second-order valence-electron chi connectivity index (χ2n) is 10.2. The first-order valence-corrected chi connectivity index (χ1v) is 14.3. The molecule has 1 N–H and O–H groups in total. The van der Waals surface area contributed by atoms with Gasteiger partial charge in [0.15, 0.2) is 0 Å². The summed E-state index contributed by atoms with van der Waals surface area (Å²) in [6.45, 7) is 1.80. The third-order valence-electron chi connectivity index (χ3n) is 7.38. The number of halogens is 1. The highest BCUT2D eigenvalue weighted by Gasteiger charge is 2.41. The number of nitrogens with one attached hydrogen (secondary N) is 1. The van der Waals surface area contributed by atoms with E-state index in [9.17, 15) is 14.4 Å². The molecule has 1 saturated heterocycles. The Hall–Kier alpha value is -4.08. The number of para-hydroxylation sites is 2. The number of esters is 1. The molecule has 42 heavy (non-hydrogen) atoms. The van der Waals surface area contributed by atoms with E-state index in [4.69, 9.17) is 21.1 Å². The number of benzene rings is 3. The number of ether oxygens (including phenoxy) is 2. The quantitative estimate of drug-likeness (QED) is 0.329. The molecule has 0 saturated carbocycles. The van der Waals surface area contributed by atoms with Crippen molar-refractivity contribution >= 4 is 40.9 Å². The number of likely N-dealkylation sites (tertiary alicyclic amines) is 1. The predicted octanol–water partition coefficient (Wildman–Crippen LogP) is 5.11. The summed E-state index contributed by atoms with van der Waals surface area (Å²) in [5, 5.41) is 3.47. The largest absolute Gasteiger partial charge is 0.496 e. The Balaban J connectivity index is 1.51. The van der Waals surface area contributed by atoms with E-state index < -0.39 is 12.0 Å². The lowest BCUT2D eigenvalue weighted by Crippen LogP contribution is -2.57. The second kappa shape index (κ2) is 14.7. The van der Waals surface area contributed by atoms with Crippen molar-refractivity contribution in [1.82, 2.24) is 15.1 Å². The van der Waals surface area contributed by atoms with Crippen LogP contribution in [-0.4, -0.2) is 74.7 Å². The lowest BCUT2D eigenvalue weighted by molar-refractivity contribution is -0.148. The van der Waals surface area contributed by atoms with E-state index in [-0.39, 0.29) is 30.9 Å². The number of carbonyl (C=O) groups excluding carboxylic acids is 3. The van der Waals surface area contributed by atoms with Crippen molar-refractivity contribution in [3.8, 4) is 5.75 Å². The number of methoxy groups -OCH3 is 2. The van der Waals surface area contributed by atoms with Crippen molar-refractivity contribution in [2.75, 3.05) is 45.8 Å². The third kappa shape index (κ3) is 7.60. The van der Waals surface area contributed by atoms with Crippen LogP contribution in [0.3, 0.4) is 0 Å². The Morgan fingerprint density at radius 3 is 2.40 bits per heavy atom. The number of anilines is 2. The van der Waals surface area contributed by atoms with Gasteiger partial charge >= 0.3 is 12.0 Å². The SMILES string of the molecule is COC(=O)[C@H]1CCN(C(=O)N(c2ccccc2)c2cccc(Cl)c2)[C@H](C(=O)NCCN(C)Cc2ccccc2OC)C1.